The van der Waals surface area contributed by atoms with E-state index in [4.69, 9.17) is 21.1 Å². The number of hydrogen-bond acceptors (Lipinski definition) is 6. The highest BCUT2D eigenvalue weighted by Gasteiger charge is 2.25. The molecule has 0 bridgehead atoms. The van der Waals surface area contributed by atoms with Crippen LogP contribution in [0.15, 0.2) is 12.3 Å². The number of anilines is 2. The second-order valence-electron chi connectivity index (χ2n) is 7.80. The van der Waals surface area contributed by atoms with E-state index in [1.807, 2.05) is 4.90 Å². The summed E-state index contributed by atoms with van der Waals surface area (Å²) in [6, 6.07) is 2.00. The van der Waals surface area contributed by atoms with Crippen molar-refractivity contribution in [2.75, 3.05) is 49.7 Å². The van der Waals surface area contributed by atoms with Crippen molar-refractivity contribution in [3.05, 3.63) is 17.3 Å². The van der Waals surface area contributed by atoms with Crippen LogP contribution >= 0.6 is 11.6 Å². The van der Waals surface area contributed by atoms with Gasteiger partial charge in [-0.15, -0.1) is 0 Å². The average molecular weight is 439 g/mol. The Morgan fingerprint density at radius 3 is 2.93 bits per heavy atom. The van der Waals surface area contributed by atoms with Gasteiger partial charge in [-0.3, -0.25) is 10.1 Å². The molecule has 2 saturated heterocycles. The van der Waals surface area contributed by atoms with Gasteiger partial charge < -0.3 is 19.3 Å². The van der Waals surface area contributed by atoms with Crippen molar-refractivity contribution in [3.8, 4) is 0 Å². The van der Waals surface area contributed by atoms with Crippen molar-refractivity contribution in [1.82, 2.24) is 9.88 Å². The number of ether oxygens (including phenoxy) is 2. The Balaban J connectivity index is 1.55. The van der Waals surface area contributed by atoms with Crippen molar-refractivity contribution < 1.29 is 19.1 Å². The van der Waals surface area contributed by atoms with Crippen LogP contribution in [-0.4, -0.2) is 67.9 Å². The van der Waals surface area contributed by atoms with Crippen LogP contribution in [0.1, 0.15) is 39.0 Å². The quantitative estimate of drug-likeness (QED) is 0.625. The van der Waals surface area contributed by atoms with E-state index in [9.17, 15) is 9.59 Å². The molecule has 1 aromatic rings. The molecule has 30 heavy (non-hydrogen) atoms. The maximum atomic E-state index is 11.6. The number of aromatic nitrogens is 1. The van der Waals surface area contributed by atoms with Gasteiger partial charge in [-0.05, 0) is 51.0 Å². The lowest BCUT2D eigenvalue weighted by molar-refractivity contribution is -0.122. The summed E-state index contributed by atoms with van der Waals surface area (Å²) in [6.45, 7) is 6.04. The van der Waals surface area contributed by atoms with Crippen LogP contribution in [0.25, 0.3) is 0 Å². The molecule has 3 heterocycles. The van der Waals surface area contributed by atoms with Crippen LogP contribution in [-0.2, 0) is 14.3 Å². The second-order valence-corrected chi connectivity index (χ2v) is 8.21. The molecule has 1 N–H and O–H groups in total. The number of pyridine rings is 1. The van der Waals surface area contributed by atoms with Crippen molar-refractivity contribution >= 4 is 35.6 Å². The van der Waals surface area contributed by atoms with Gasteiger partial charge in [0, 0.05) is 38.9 Å². The van der Waals surface area contributed by atoms with E-state index in [2.05, 4.69) is 15.2 Å². The van der Waals surface area contributed by atoms with Gasteiger partial charge in [0.2, 0.25) is 6.41 Å². The summed E-state index contributed by atoms with van der Waals surface area (Å²) >= 11 is 6.46. The van der Waals surface area contributed by atoms with Gasteiger partial charge in [-0.2, -0.15) is 0 Å². The number of carbonyl (C=O) groups is 2. The van der Waals surface area contributed by atoms with Crippen LogP contribution in [0.5, 0.6) is 0 Å². The van der Waals surface area contributed by atoms with E-state index in [1.54, 1.807) is 19.2 Å². The van der Waals surface area contributed by atoms with Gasteiger partial charge in [-0.1, -0.05) is 11.6 Å². The smallest absolute Gasteiger partial charge is 0.411 e. The molecule has 0 saturated carbocycles. The average Bonchev–Trinajstić information content (AvgIpc) is 2.75. The first-order valence-corrected chi connectivity index (χ1v) is 11.1. The van der Waals surface area contributed by atoms with E-state index >= 15 is 0 Å². The van der Waals surface area contributed by atoms with E-state index in [0.717, 1.165) is 77.2 Å². The summed E-state index contributed by atoms with van der Waals surface area (Å²) in [5.41, 5.74) is 0.508. The number of amides is 2. The first-order valence-electron chi connectivity index (χ1n) is 10.7. The monoisotopic (exact) mass is 438 g/mol. The minimum Gasteiger partial charge on any atom is -0.450 e. The normalized spacial score (nSPS) is 19.9. The fourth-order valence-corrected chi connectivity index (χ4v) is 4.47. The van der Waals surface area contributed by atoms with Gasteiger partial charge in [0.05, 0.1) is 23.5 Å². The van der Waals surface area contributed by atoms with Gasteiger partial charge in [0.25, 0.3) is 0 Å². The van der Waals surface area contributed by atoms with Crippen LogP contribution in [0.4, 0.5) is 16.3 Å². The van der Waals surface area contributed by atoms with Crippen LogP contribution in [0.3, 0.4) is 0 Å². The number of nitrogens with zero attached hydrogens (tertiary/aromatic N) is 3. The highest BCUT2D eigenvalue weighted by molar-refractivity contribution is 6.33. The molecule has 0 aliphatic carbocycles. The van der Waals surface area contributed by atoms with E-state index in [0.29, 0.717) is 29.3 Å². The van der Waals surface area contributed by atoms with E-state index in [-0.39, 0.29) is 0 Å². The van der Waals surface area contributed by atoms with Crippen molar-refractivity contribution in [3.63, 3.8) is 0 Å². The molecule has 2 aliphatic rings. The topological polar surface area (TPSA) is 84.0 Å². The zero-order valence-corrected chi connectivity index (χ0v) is 18.3. The minimum atomic E-state index is -0.523. The molecule has 2 amide bonds. The predicted octanol–water partition coefficient (Wildman–Crippen LogP) is 3.55. The maximum absolute atomic E-state index is 11.6. The molecule has 1 unspecified atom stereocenters. The summed E-state index contributed by atoms with van der Waals surface area (Å²) in [6.07, 6.45) is 7.06. The summed E-state index contributed by atoms with van der Waals surface area (Å²) in [4.78, 5) is 31.8. The largest absolute Gasteiger partial charge is 0.450 e. The molecule has 3 rings (SSSR count). The molecule has 9 heteroatoms. The SMILES string of the molecule is CCOC(=O)Nc1cnc(N2CCCC(CCN(C=O)C3CCOCC3)C2)c(Cl)c1. The predicted molar refractivity (Wildman–Crippen MR) is 116 cm³/mol. The lowest BCUT2D eigenvalue weighted by Gasteiger charge is -2.36. The zero-order valence-electron chi connectivity index (χ0n) is 17.5. The second kappa shape index (κ2) is 11.4. The molecule has 166 valence electrons. The number of halogens is 1. The van der Waals surface area contributed by atoms with Gasteiger partial charge in [0.15, 0.2) is 0 Å². The fourth-order valence-electron chi connectivity index (χ4n) is 4.18. The molecule has 1 aromatic heterocycles. The first-order chi connectivity index (χ1) is 14.6. The van der Waals surface area contributed by atoms with Crippen LogP contribution < -0.4 is 10.2 Å². The van der Waals surface area contributed by atoms with Crippen LogP contribution in [0, 0.1) is 5.92 Å². The number of rotatable bonds is 8. The molecule has 0 radical (unpaired) electrons. The molecule has 0 aromatic carbocycles. The zero-order chi connectivity index (χ0) is 21.3. The summed E-state index contributed by atoms with van der Waals surface area (Å²) < 4.78 is 10.3. The molecule has 1 atom stereocenters. The molecule has 8 nitrogen and oxygen atoms in total. The Labute approximate surface area is 182 Å². The maximum Gasteiger partial charge on any atom is 0.411 e. The number of carbonyl (C=O) groups excluding carboxylic acids is 2. The third-order valence-electron chi connectivity index (χ3n) is 5.75. The van der Waals surface area contributed by atoms with Gasteiger partial charge >= 0.3 is 6.09 Å². The standard InChI is InChI=1S/C21H31ClN4O4/c1-2-30-21(28)24-17-12-19(22)20(23-13-17)25-8-3-4-16(14-25)5-9-26(15-27)18-6-10-29-11-7-18/h12-13,15-16,18H,2-11,14H2,1H3,(H,24,28). The van der Waals surface area contributed by atoms with Crippen LogP contribution in [0.2, 0.25) is 5.02 Å². The van der Waals surface area contributed by atoms with Crippen molar-refractivity contribution in [2.45, 2.75) is 45.1 Å². The Morgan fingerprint density at radius 1 is 1.43 bits per heavy atom. The molecular formula is C21H31ClN4O4. The highest BCUT2D eigenvalue weighted by atomic mass is 35.5. The Kier molecular flexibility index (Phi) is 8.57. The molecular weight excluding hydrogens is 408 g/mol. The number of piperidine rings is 1. The Hall–Kier alpha value is -2.06. The third kappa shape index (κ3) is 6.22. The van der Waals surface area contributed by atoms with Crippen molar-refractivity contribution in [2.24, 2.45) is 5.92 Å². The Morgan fingerprint density at radius 2 is 2.23 bits per heavy atom. The molecule has 2 fully saturated rings. The summed E-state index contributed by atoms with van der Waals surface area (Å²) in [5, 5.41) is 3.12. The highest BCUT2D eigenvalue weighted by Crippen LogP contribution is 2.31. The van der Waals surface area contributed by atoms with Gasteiger partial charge in [0.1, 0.15) is 5.82 Å². The number of nitrogens with one attached hydrogen (secondary N) is 1. The third-order valence-corrected chi connectivity index (χ3v) is 6.03. The van der Waals surface area contributed by atoms with E-state index in [1.165, 1.54) is 0 Å². The van der Waals surface area contributed by atoms with E-state index < -0.39 is 6.09 Å². The van der Waals surface area contributed by atoms with Crippen molar-refractivity contribution in [1.29, 1.82) is 0 Å². The molecule has 2 aliphatic heterocycles. The van der Waals surface area contributed by atoms with Gasteiger partial charge in [-0.25, -0.2) is 9.78 Å². The molecule has 0 spiro atoms. The first kappa shape index (κ1) is 22.6. The lowest BCUT2D eigenvalue weighted by Crippen LogP contribution is -2.41. The minimum absolute atomic E-state index is 0.298. The fraction of sp³-hybridized carbons (Fsp3) is 0.667. The summed E-state index contributed by atoms with van der Waals surface area (Å²) in [7, 11) is 0. The number of hydrogen-bond donors (Lipinski definition) is 1. The summed E-state index contributed by atoms with van der Waals surface area (Å²) in [5.74, 6) is 1.21. The Bertz CT molecular complexity index is 714. The lowest BCUT2D eigenvalue weighted by atomic mass is 9.94.